The number of benzene rings is 2. The largest absolute Gasteiger partial charge is 0.452 e. The summed E-state index contributed by atoms with van der Waals surface area (Å²) in [5.41, 5.74) is 7.11. The van der Waals surface area contributed by atoms with Gasteiger partial charge in [0, 0.05) is 30.9 Å². The summed E-state index contributed by atoms with van der Waals surface area (Å²) in [6, 6.07) is 14.1. The molecule has 0 radical (unpaired) electrons. The van der Waals surface area contributed by atoms with Gasteiger partial charge in [-0.25, -0.2) is 4.79 Å². The molecule has 0 saturated heterocycles. The fourth-order valence-corrected chi connectivity index (χ4v) is 2.47. The molecule has 2 rings (SSSR count). The molecule has 0 unspecified atom stereocenters. The number of hydrogen-bond acceptors (Lipinski definition) is 5. The van der Waals surface area contributed by atoms with Crippen molar-refractivity contribution in [3.05, 3.63) is 64.7 Å². The van der Waals surface area contributed by atoms with E-state index >= 15 is 0 Å². The first-order valence-corrected chi connectivity index (χ1v) is 8.42. The molecular formula is C19H21ClN2O4. The summed E-state index contributed by atoms with van der Waals surface area (Å²) in [4.78, 5) is 26.2. The van der Waals surface area contributed by atoms with Crippen molar-refractivity contribution in [1.82, 2.24) is 4.90 Å². The van der Waals surface area contributed by atoms with E-state index in [0.717, 1.165) is 5.56 Å². The van der Waals surface area contributed by atoms with Crippen LogP contribution >= 0.6 is 11.6 Å². The number of halogens is 1. The number of nitrogen functional groups attached to an aromatic ring is 1. The van der Waals surface area contributed by atoms with Gasteiger partial charge in [-0.3, -0.25) is 4.79 Å². The number of carbonyl (C=O) groups is 2. The summed E-state index contributed by atoms with van der Waals surface area (Å²) in [7, 11) is 1.56. The molecule has 0 bridgehead atoms. The molecule has 1 amide bonds. The van der Waals surface area contributed by atoms with E-state index in [1.54, 1.807) is 18.1 Å². The Kier molecular flexibility index (Phi) is 7.44. The van der Waals surface area contributed by atoms with Crippen LogP contribution in [0.2, 0.25) is 5.02 Å². The van der Waals surface area contributed by atoms with E-state index in [1.165, 1.54) is 12.1 Å². The summed E-state index contributed by atoms with van der Waals surface area (Å²) in [5, 5.41) is 0.364. The van der Waals surface area contributed by atoms with Crippen LogP contribution in [0.3, 0.4) is 0 Å². The minimum Gasteiger partial charge on any atom is -0.452 e. The number of ether oxygens (including phenoxy) is 2. The number of nitrogens with zero attached hydrogens (tertiary/aromatic N) is 1. The Morgan fingerprint density at radius 2 is 1.88 bits per heavy atom. The van der Waals surface area contributed by atoms with E-state index < -0.39 is 5.97 Å². The second-order valence-electron chi connectivity index (χ2n) is 5.60. The first-order valence-electron chi connectivity index (χ1n) is 8.04. The third-order valence-corrected chi connectivity index (χ3v) is 3.93. The Morgan fingerprint density at radius 1 is 1.15 bits per heavy atom. The van der Waals surface area contributed by atoms with Gasteiger partial charge in [0.25, 0.3) is 5.91 Å². The molecule has 0 heterocycles. The van der Waals surface area contributed by atoms with Crippen molar-refractivity contribution in [1.29, 1.82) is 0 Å². The lowest BCUT2D eigenvalue weighted by atomic mass is 10.2. The molecule has 26 heavy (non-hydrogen) atoms. The Labute approximate surface area is 157 Å². The maximum Gasteiger partial charge on any atom is 0.340 e. The number of methoxy groups -OCH3 is 1. The molecule has 0 saturated carbocycles. The predicted molar refractivity (Wildman–Crippen MR) is 99.9 cm³/mol. The van der Waals surface area contributed by atoms with Crippen LogP contribution in [0.4, 0.5) is 5.69 Å². The van der Waals surface area contributed by atoms with E-state index in [1.807, 2.05) is 30.3 Å². The SMILES string of the molecule is COCCN(Cc1ccccc1)C(=O)COC(=O)c1cc(Cl)ccc1N. The molecule has 138 valence electrons. The van der Waals surface area contributed by atoms with Crippen molar-refractivity contribution in [3.8, 4) is 0 Å². The van der Waals surface area contributed by atoms with Crippen LogP contribution in [0.25, 0.3) is 0 Å². The van der Waals surface area contributed by atoms with Crippen LogP contribution in [0.1, 0.15) is 15.9 Å². The molecule has 0 fully saturated rings. The fraction of sp³-hybridized carbons (Fsp3) is 0.263. The number of carbonyl (C=O) groups excluding carboxylic acids is 2. The molecule has 0 atom stereocenters. The normalized spacial score (nSPS) is 10.4. The number of anilines is 1. The van der Waals surface area contributed by atoms with Gasteiger partial charge in [-0.05, 0) is 23.8 Å². The van der Waals surface area contributed by atoms with Crippen LogP contribution in [0.15, 0.2) is 48.5 Å². The second kappa shape index (κ2) is 9.79. The lowest BCUT2D eigenvalue weighted by Gasteiger charge is -2.22. The van der Waals surface area contributed by atoms with Crippen molar-refractivity contribution in [2.75, 3.05) is 32.6 Å². The summed E-state index contributed by atoms with van der Waals surface area (Å²) in [5.74, 6) is -1.01. The van der Waals surface area contributed by atoms with Gasteiger partial charge in [-0.1, -0.05) is 41.9 Å². The number of nitrogens with two attached hydrogens (primary N) is 1. The Balaban J connectivity index is 1.99. The molecule has 0 aliphatic heterocycles. The van der Waals surface area contributed by atoms with Gasteiger partial charge in [0.05, 0.1) is 12.2 Å². The number of amides is 1. The molecule has 0 aliphatic rings. The van der Waals surface area contributed by atoms with Gasteiger partial charge in [-0.2, -0.15) is 0 Å². The summed E-state index contributed by atoms with van der Waals surface area (Å²) in [6.07, 6.45) is 0. The highest BCUT2D eigenvalue weighted by atomic mass is 35.5. The molecule has 7 heteroatoms. The summed E-state index contributed by atoms with van der Waals surface area (Å²) < 4.78 is 10.2. The Hall–Kier alpha value is -2.57. The van der Waals surface area contributed by atoms with Gasteiger partial charge in [0.1, 0.15) is 0 Å². The minimum atomic E-state index is -0.690. The van der Waals surface area contributed by atoms with E-state index in [9.17, 15) is 9.59 Å². The molecule has 6 nitrogen and oxygen atoms in total. The maximum absolute atomic E-state index is 12.5. The average Bonchev–Trinajstić information content (AvgIpc) is 2.65. The maximum atomic E-state index is 12.5. The molecule has 2 aromatic carbocycles. The molecule has 2 N–H and O–H groups in total. The average molecular weight is 377 g/mol. The van der Waals surface area contributed by atoms with Crippen LogP contribution in [0.5, 0.6) is 0 Å². The van der Waals surface area contributed by atoms with E-state index in [2.05, 4.69) is 0 Å². The molecule has 0 spiro atoms. The Bertz CT molecular complexity index is 752. The topological polar surface area (TPSA) is 81.9 Å². The number of rotatable bonds is 8. The predicted octanol–water partition coefficient (Wildman–Crippen LogP) is 2.75. The first kappa shape index (κ1) is 19.8. The zero-order valence-corrected chi connectivity index (χ0v) is 15.2. The van der Waals surface area contributed by atoms with Gasteiger partial charge < -0.3 is 20.1 Å². The van der Waals surface area contributed by atoms with Crippen LogP contribution in [-0.2, 0) is 20.8 Å². The van der Waals surface area contributed by atoms with Crippen LogP contribution in [-0.4, -0.2) is 43.6 Å². The fourth-order valence-electron chi connectivity index (χ4n) is 2.30. The third kappa shape index (κ3) is 5.75. The number of esters is 1. The van der Waals surface area contributed by atoms with Gasteiger partial charge in [0.2, 0.25) is 0 Å². The van der Waals surface area contributed by atoms with Gasteiger partial charge in [0.15, 0.2) is 6.61 Å². The number of hydrogen-bond donors (Lipinski definition) is 1. The van der Waals surface area contributed by atoms with Crippen LogP contribution < -0.4 is 5.73 Å². The zero-order chi connectivity index (χ0) is 18.9. The van der Waals surface area contributed by atoms with Crippen molar-refractivity contribution in [2.24, 2.45) is 0 Å². The minimum absolute atomic E-state index is 0.136. The quantitative estimate of drug-likeness (QED) is 0.566. The second-order valence-corrected chi connectivity index (χ2v) is 6.04. The van der Waals surface area contributed by atoms with E-state index in [-0.39, 0.29) is 23.8 Å². The standard InChI is InChI=1S/C19H21ClN2O4/c1-25-10-9-22(12-14-5-3-2-4-6-14)18(23)13-26-19(24)16-11-15(20)7-8-17(16)21/h2-8,11H,9-10,12-13,21H2,1H3. The lowest BCUT2D eigenvalue weighted by molar-refractivity contribution is -0.135. The van der Waals surface area contributed by atoms with Crippen molar-refractivity contribution in [2.45, 2.75) is 6.54 Å². The Morgan fingerprint density at radius 3 is 2.58 bits per heavy atom. The summed E-state index contributed by atoms with van der Waals surface area (Å²) >= 11 is 5.87. The molecule has 0 aromatic heterocycles. The monoisotopic (exact) mass is 376 g/mol. The van der Waals surface area contributed by atoms with Crippen molar-refractivity contribution >= 4 is 29.2 Å². The van der Waals surface area contributed by atoms with Crippen molar-refractivity contribution < 1.29 is 19.1 Å². The van der Waals surface area contributed by atoms with Gasteiger partial charge in [-0.15, -0.1) is 0 Å². The zero-order valence-electron chi connectivity index (χ0n) is 14.5. The highest BCUT2D eigenvalue weighted by molar-refractivity contribution is 6.31. The van der Waals surface area contributed by atoms with E-state index in [4.69, 9.17) is 26.8 Å². The molecular weight excluding hydrogens is 356 g/mol. The van der Waals surface area contributed by atoms with Gasteiger partial charge >= 0.3 is 5.97 Å². The lowest BCUT2D eigenvalue weighted by Crippen LogP contribution is -2.36. The third-order valence-electron chi connectivity index (χ3n) is 3.70. The highest BCUT2D eigenvalue weighted by Crippen LogP contribution is 2.18. The van der Waals surface area contributed by atoms with Crippen molar-refractivity contribution in [3.63, 3.8) is 0 Å². The first-order chi connectivity index (χ1) is 12.5. The summed E-state index contributed by atoms with van der Waals surface area (Å²) in [6.45, 7) is 0.788. The van der Waals surface area contributed by atoms with Crippen LogP contribution in [0, 0.1) is 0 Å². The molecule has 0 aliphatic carbocycles. The van der Waals surface area contributed by atoms with E-state index in [0.29, 0.717) is 24.7 Å². The highest BCUT2D eigenvalue weighted by Gasteiger charge is 2.18. The molecule has 2 aromatic rings. The smallest absolute Gasteiger partial charge is 0.340 e.